The predicted molar refractivity (Wildman–Crippen MR) is 101 cm³/mol. The Labute approximate surface area is 153 Å². The van der Waals surface area contributed by atoms with E-state index in [1.807, 2.05) is 42.8 Å². The van der Waals surface area contributed by atoms with Gasteiger partial charge in [-0.15, -0.1) is 34.2 Å². The number of aryl methyl sites for hydroxylation is 1. The molecule has 2 rings (SSSR count). The second kappa shape index (κ2) is 10.0. The summed E-state index contributed by atoms with van der Waals surface area (Å²) in [5, 5.41) is 14.4. The minimum absolute atomic E-state index is 0. The van der Waals surface area contributed by atoms with Gasteiger partial charge in [0.25, 0.3) is 0 Å². The molecule has 23 heavy (non-hydrogen) atoms. The molecule has 0 atom stereocenters. The molecule has 7 nitrogen and oxygen atoms in total. The molecular weight excluding hydrogens is 407 g/mol. The summed E-state index contributed by atoms with van der Waals surface area (Å²) in [5.74, 6) is 2.43. The van der Waals surface area contributed by atoms with Crippen LogP contribution >= 0.6 is 24.0 Å². The first-order valence-corrected chi connectivity index (χ1v) is 7.21. The maximum atomic E-state index is 5.34. The highest BCUT2D eigenvalue weighted by Crippen LogP contribution is 2.17. The zero-order valence-corrected chi connectivity index (χ0v) is 15.9. The number of methoxy groups -OCH3 is 1. The molecule has 0 saturated heterocycles. The third-order valence-electron chi connectivity index (χ3n) is 3.16. The summed E-state index contributed by atoms with van der Waals surface area (Å²) in [7, 11) is 3.58. The first-order chi connectivity index (χ1) is 10.7. The Kier molecular flexibility index (Phi) is 8.38. The van der Waals surface area contributed by atoms with E-state index in [9.17, 15) is 0 Å². The van der Waals surface area contributed by atoms with Crippen molar-refractivity contribution < 1.29 is 4.74 Å². The Bertz CT molecular complexity index is 628. The Morgan fingerprint density at radius 1 is 1.30 bits per heavy atom. The first-order valence-electron chi connectivity index (χ1n) is 7.21. The summed E-state index contributed by atoms with van der Waals surface area (Å²) in [5.41, 5.74) is 1.04. The molecule has 8 heteroatoms. The topological polar surface area (TPSA) is 76.4 Å². The van der Waals surface area contributed by atoms with E-state index in [0.29, 0.717) is 13.1 Å². The van der Waals surface area contributed by atoms with Crippen LogP contribution in [0, 0.1) is 0 Å². The number of hydrogen-bond donors (Lipinski definition) is 2. The SMILES string of the molecule is CCNC(=NCc1ccccc1OC)NCc1nncn1C.I. The lowest BCUT2D eigenvalue weighted by molar-refractivity contribution is 0.410. The zero-order valence-electron chi connectivity index (χ0n) is 13.6. The van der Waals surface area contributed by atoms with Crippen LogP contribution in [0.1, 0.15) is 18.3 Å². The summed E-state index contributed by atoms with van der Waals surface area (Å²) in [6.45, 7) is 3.92. The molecule has 1 aromatic carbocycles. The van der Waals surface area contributed by atoms with E-state index in [1.54, 1.807) is 13.4 Å². The molecule has 0 aliphatic carbocycles. The third-order valence-corrected chi connectivity index (χ3v) is 3.16. The van der Waals surface area contributed by atoms with Gasteiger partial charge >= 0.3 is 0 Å². The highest BCUT2D eigenvalue weighted by atomic mass is 127. The molecule has 0 radical (unpaired) electrons. The Morgan fingerprint density at radius 3 is 2.74 bits per heavy atom. The quantitative estimate of drug-likeness (QED) is 0.415. The van der Waals surface area contributed by atoms with Crippen LogP contribution in [0.15, 0.2) is 35.6 Å². The minimum Gasteiger partial charge on any atom is -0.496 e. The fourth-order valence-corrected chi connectivity index (χ4v) is 1.97. The summed E-state index contributed by atoms with van der Waals surface area (Å²) in [4.78, 5) is 4.58. The molecule has 0 amide bonds. The van der Waals surface area contributed by atoms with Crippen LogP contribution in [0.2, 0.25) is 0 Å². The van der Waals surface area contributed by atoms with Gasteiger partial charge in [0.15, 0.2) is 11.8 Å². The zero-order chi connectivity index (χ0) is 15.8. The fraction of sp³-hybridized carbons (Fsp3) is 0.400. The van der Waals surface area contributed by atoms with Crippen LogP contribution in [0.5, 0.6) is 5.75 Å². The number of nitrogens with zero attached hydrogens (tertiary/aromatic N) is 4. The number of aliphatic imine (C=N–C) groups is 1. The van der Waals surface area contributed by atoms with Gasteiger partial charge < -0.3 is 19.9 Å². The molecule has 1 aromatic heterocycles. The number of benzene rings is 1. The van der Waals surface area contributed by atoms with Crippen LogP contribution < -0.4 is 15.4 Å². The molecule has 126 valence electrons. The van der Waals surface area contributed by atoms with Gasteiger partial charge in [-0.3, -0.25) is 0 Å². The molecule has 0 unspecified atom stereocenters. The predicted octanol–water partition coefficient (Wildman–Crippen LogP) is 1.70. The highest BCUT2D eigenvalue weighted by Gasteiger charge is 2.04. The van der Waals surface area contributed by atoms with E-state index in [-0.39, 0.29) is 24.0 Å². The Hall–Kier alpha value is -1.84. The summed E-state index contributed by atoms with van der Waals surface area (Å²) >= 11 is 0. The van der Waals surface area contributed by atoms with Gasteiger partial charge in [0, 0.05) is 19.2 Å². The minimum atomic E-state index is 0. The molecule has 0 aliphatic rings. The van der Waals surface area contributed by atoms with Crippen LogP contribution in [-0.2, 0) is 20.1 Å². The number of aromatic nitrogens is 3. The first kappa shape index (κ1) is 19.2. The van der Waals surface area contributed by atoms with Crippen molar-refractivity contribution in [1.82, 2.24) is 25.4 Å². The Balaban J connectivity index is 0.00000264. The van der Waals surface area contributed by atoms with E-state index in [2.05, 4.69) is 25.8 Å². The number of hydrogen-bond acceptors (Lipinski definition) is 4. The van der Waals surface area contributed by atoms with Crippen molar-refractivity contribution in [2.75, 3.05) is 13.7 Å². The van der Waals surface area contributed by atoms with Crippen LogP contribution in [0.4, 0.5) is 0 Å². The van der Waals surface area contributed by atoms with Gasteiger partial charge in [-0.05, 0) is 13.0 Å². The Morgan fingerprint density at radius 2 is 2.09 bits per heavy atom. The summed E-state index contributed by atoms with van der Waals surface area (Å²) in [6, 6.07) is 7.87. The average molecular weight is 430 g/mol. The van der Waals surface area contributed by atoms with E-state index in [4.69, 9.17) is 4.74 Å². The van der Waals surface area contributed by atoms with Gasteiger partial charge in [-0.25, -0.2) is 4.99 Å². The maximum absolute atomic E-state index is 5.34. The van der Waals surface area contributed by atoms with Gasteiger partial charge in [0.1, 0.15) is 12.1 Å². The monoisotopic (exact) mass is 430 g/mol. The van der Waals surface area contributed by atoms with Gasteiger partial charge in [0.05, 0.1) is 20.2 Å². The largest absolute Gasteiger partial charge is 0.496 e. The third kappa shape index (κ3) is 5.70. The molecule has 0 bridgehead atoms. The number of para-hydroxylation sites is 1. The van der Waals surface area contributed by atoms with Crippen molar-refractivity contribution in [3.05, 3.63) is 42.0 Å². The van der Waals surface area contributed by atoms with Gasteiger partial charge in [-0.1, -0.05) is 18.2 Å². The molecule has 0 saturated carbocycles. The van der Waals surface area contributed by atoms with E-state index in [1.165, 1.54) is 0 Å². The molecule has 0 aliphatic heterocycles. The summed E-state index contributed by atoms with van der Waals surface area (Å²) < 4.78 is 7.21. The van der Waals surface area contributed by atoms with E-state index >= 15 is 0 Å². The van der Waals surface area contributed by atoms with Crippen molar-refractivity contribution in [3.8, 4) is 5.75 Å². The van der Waals surface area contributed by atoms with Crippen molar-refractivity contribution >= 4 is 29.9 Å². The van der Waals surface area contributed by atoms with E-state index in [0.717, 1.165) is 29.6 Å². The number of ether oxygens (including phenoxy) is 1. The summed E-state index contributed by atoms with van der Waals surface area (Å²) in [6.07, 6.45) is 1.68. The molecule has 1 heterocycles. The lowest BCUT2D eigenvalue weighted by Crippen LogP contribution is -2.37. The van der Waals surface area contributed by atoms with Crippen molar-refractivity contribution in [3.63, 3.8) is 0 Å². The van der Waals surface area contributed by atoms with Crippen LogP contribution in [0.3, 0.4) is 0 Å². The van der Waals surface area contributed by atoms with Crippen molar-refractivity contribution in [2.24, 2.45) is 12.0 Å². The molecular formula is C15H23IN6O. The maximum Gasteiger partial charge on any atom is 0.191 e. The molecule has 2 aromatic rings. The average Bonchev–Trinajstić information content (AvgIpc) is 2.95. The van der Waals surface area contributed by atoms with Crippen LogP contribution in [0.25, 0.3) is 0 Å². The molecule has 0 spiro atoms. The lowest BCUT2D eigenvalue weighted by Gasteiger charge is -2.11. The second-order valence-corrected chi connectivity index (χ2v) is 4.72. The number of rotatable bonds is 6. The van der Waals surface area contributed by atoms with Crippen molar-refractivity contribution in [2.45, 2.75) is 20.0 Å². The van der Waals surface area contributed by atoms with Crippen LogP contribution in [-0.4, -0.2) is 34.4 Å². The fourth-order valence-electron chi connectivity index (χ4n) is 1.97. The number of nitrogens with one attached hydrogen (secondary N) is 2. The molecule has 0 fully saturated rings. The van der Waals surface area contributed by atoms with Gasteiger partial charge in [0.2, 0.25) is 0 Å². The van der Waals surface area contributed by atoms with Crippen molar-refractivity contribution in [1.29, 1.82) is 0 Å². The highest BCUT2D eigenvalue weighted by molar-refractivity contribution is 14.0. The molecule has 2 N–H and O–H groups in total. The number of guanidine groups is 1. The van der Waals surface area contributed by atoms with Gasteiger partial charge in [-0.2, -0.15) is 0 Å². The second-order valence-electron chi connectivity index (χ2n) is 4.72. The standard InChI is InChI=1S/C15H22N6O.HI/c1-4-16-15(18-10-14-20-19-11-21(14)2)17-9-12-7-5-6-8-13(12)22-3;/h5-8,11H,4,9-10H2,1-3H3,(H2,16,17,18);1H. The number of halogens is 1. The normalized spacial score (nSPS) is 10.8. The lowest BCUT2D eigenvalue weighted by atomic mass is 10.2. The van der Waals surface area contributed by atoms with E-state index < -0.39 is 0 Å². The smallest absolute Gasteiger partial charge is 0.191 e.